The van der Waals surface area contributed by atoms with Gasteiger partial charge < -0.3 is 0 Å². The van der Waals surface area contributed by atoms with Crippen molar-refractivity contribution in [1.82, 2.24) is 0 Å². The van der Waals surface area contributed by atoms with Crippen molar-refractivity contribution in [3.05, 3.63) is 34.4 Å². The molecule has 0 nitrogen and oxygen atoms in total. The van der Waals surface area contributed by atoms with Gasteiger partial charge in [0.25, 0.3) is 0 Å². The minimum Gasteiger partial charge on any atom is -0.0654 e. The van der Waals surface area contributed by atoms with Gasteiger partial charge >= 0.3 is 0 Å². The summed E-state index contributed by atoms with van der Waals surface area (Å²) in [6, 6.07) is 5.28. The van der Waals surface area contributed by atoms with E-state index in [9.17, 15) is 0 Å². The molecule has 0 radical (unpaired) electrons. The third-order valence-electron chi connectivity index (χ3n) is 7.69. The maximum absolute atomic E-state index is 2.64. The van der Waals surface area contributed by atoms with E-state index in [1.807, 2.05) is 0 Å². The van der Waals surface area contributed by atoms with Crippen LogP contribution >= 0.6 is 0 Å². The van der Waals surface area contributed by atoms with E-state index in [0.29, 0.717) is 0 Å². The summed E-state index contributed by atoms with van der Waals surface area (Å²) in [6.45, 7) is 9.30. The lowest BCUT2D eigenvalue weighted by molar-refractivity contribution is 0.592. The van der Waals surface area contributed by atoms with Crippen LogP contribution in [0.25, 0.3) is 0 Å². The second kappa shape index (κ2) is 22.7. The van der Waals surface area contributed by atoms with Crippen molar-refractivity contribution in [2.75, 3.05) is 0 Å². The fraction of sp³-hybridized carbons (Fsp3) is 0.824. The fourth-order valence-corrected chi connectivity index (χ4v) is 5.44. The van der Waals surface area contributed by atoms with Crippen LogP contribution in [0, 0.1) is 0 Å². The summed E-state index contributed by atoms with van der Waals surface area (Å²) in [7, 11) is 0. The van der Waals surface area contributed by atoms with Crippen molar-refractivity contribution in [3.8, 4) is 0 Å². The summed E-state index contributed by atoms with van der Waals surface area (Å²) >= 11 is 0. The van der Waals surface area contributed by atoms with Crippen LogP contribution < -0.4 is 0 Å². The molecule has 198 valence electrons. The van der Waals surface area contributed by atoms with Gasteiger partial charge in [0.1, 0.15) is 0 Å². The predicted octanol–water partition coefficient (Wildman–Crippen LogP) is 11.7. The summed E-state index contributed by atoms with van der Waals surface area (Å²) in [5, 5.41) is 0. The van der Waals surface area contributed by atoms with Gasteiger partial charge in [-0.05, 0) is 73.6 Å². The average Bonchev–Trinajstić information content (AvgIpc) is 2.85. The third-order valence-corrected chi connectivity index (χ3v) is 7.69. The molecule has 0 unspecified atom stereocenters. The Bertz CT molecular complexity index is 532. The number of unbranched alkanes of at least 4 members (excludes halogenated alkanes) is 16. The zero-order valence-electron chi connectivity index (χ0n) is 24.1. The first-order chi connectivity index (χ1) is 16.8. The molecule has 1 aromatic carbocycles. The van der Waals surface area contributed by atoms with E-state index in [-0.39, 0.29) is 0 Å². The lowest BCUT2D eigenvalue weighted by atomic mass is 9.87. The average molecular weight is 471 g/mol. The number of hydrogen-bond acceptors (Lipinski definition) is 0. The van der Waals surface area contributed by atoms with Crippen LogP contribution in [0.2, 0.25) is 0 Å². The molecule has 0 aromatic heterocycles. The number of rotatable bonds is 24. The number of benzene rings is 1. The Labute approximate surface area is 216 Å². The molecule has 1 aromatic rings. The SMILES string of the molecule is CCCCCCCCc1cc(CCCC)cc(CCCCCCCC)c1CCCCCCCC. The molecule has 0 fully saturated rings. The minimum atomic E-state index is 1.28. The Hall–Kier alpha value is -0.780. The fourth-order valence-electron chi connectivity index (χ4n) is 5.44. The Kier molecular flexibility index (Phi) is 20.8. The minimum absolute atomic E-state index is 1.28. The van der Waals surface area contributed by atoms with E-state index >= 15 is 0 Å². The van der Waals surface area contributed by atoms with Gasteiger partial charge in [-0.15, -0.1) is 0 Å². The second-order valence-corrected chi connectivity index (χ2v) is 11.0. The van der Waals surface area contributed by atoms with Crippen molar-refractivity contribution in [3.63, 3.8) is 0 Å². The highest BCUT2D eigenvalue weighted by Gasteiger charge is 2.12. The van der Waals surface area contributed by atoms with Gasteiger partial charge in [0.2, 0.25) is 0 Å². The highest BCUT2D eigenvalue weighted by molar-refractivity contribution is 5.40. The normalized spacial score (nSPS) is 11.4. The highest BCUT2D eigenvalue weighted by atomic mass is 14.2. The first-order valence-electron chi connectivity index (χ1n) is 15.9. The van der Waals surface area contributed by atoms with Crippen LogP contribution in [0.3, 0.4) is 0 Å². The maximum Gasteiger partial charge on any atom is -0.0273 e. The molecule has 0 atom stereocenters. The standard InChI is InChI=1S/C34H62/c1-5-9-13-16-19-22-26-32-29-31(25-12-8-4)30-33(27-23-20-17-14-10-6-2)34(32)28-24-21-18-15-11-7-3/h29-30H,5-28H2,1-4H3. The van der Waals surface area contributed by atoms with E-state index in [1.165, 1.54) is 154 Å². The summed E-state index contributed by atoms with van der Waals surface area (Å²) in [5.41, 5.74) is 6.88. The topological polar surface area (TPSA) is 0 Å². The molecule has 0 saturated carbocycles. The summed E-state index contributed by atoms with van der Waals surface area (Å²) in [6.07, 6.45) is 33.2. The van der Waals surface area contributed by atoms with Crippen molar-refractivity contribution in [2.24, 2.45) is 0 Å². The number of aryl methyl sites for hydroxylation is 3. The molecule has 0 aliphatic carbocycles. The van der Waals surface area contributed by atoms with Crippen LogP contribution in [-0.2, 0) is 25.7 Å². The molecule has 0 amide bonds. The van der Waals surface area contributed by atoms with Crippen molar-refractivity contribution >= 4 is 0 Å². The monoisotopic (exact) mass is 470 g/mol. The second-order valence-electron chi connectivity index (χ2n) is 11.0. The van der Waals surface area contributed by atoms with E-state index < -0.39 is 0 Å². The summed E-state index contributed by atoms with van der Waals surface area (Å²) < 4.78 is 0. The van der Waals surface area contributed by atoms with Gasteiger partial charge in [-0.3, -0.25) is 0 Å². The molecule has 0 saturated heterocycles. The van der Waals surface area contributed by atoms with E-state index in [1.54, 1.807) is 22.3 Å². The van der Waals surface area contributed by atoms with Crippen molar-refractivity contribution < 1.29 is 0 Å². The van der Waals surface area contributed by atoms with Gasteiger partial charge in [0.05, 0.1) is 0 Å². The maximum atomic E-state index is 2.64. The highest BCUT2D eigenvalue weighted by Crippen LogP contribution is 2.26. The molecule has 0 heteroatoms. The Balaban J connectivity index is 2.85. The van der Waals surface area contributed by atoms with Gasteiger partial charge in [-0.1, -0.05) is 143 Å². The lowest BCUT2D eigenvalue weighted by Crippen LogP contribution is -2.05. The molecule has 0 N–H and O–H groups in total. The summed E-state index contributed by atoms with van der Waals surface area (Å²) in [4.78, 5) is 0. The van der Waals surface area contributed by atoms with Crippen LogP contribution in [0.5, 0.6) is 0 Å². The third kappa shape index (κ3) is 15.3. The van der Waals surface area contributed by atoms with E-state index in [0.717, 1.165) is 0 Å². The van der Waals surface area contributed by atoms with Crippen LogP contribution in [0.1, 0.15) is 178 Å². The first-order valence-corrected chi connectivity index (χ1v) is 15.9. The van der Waals surface area contributed by atoms with Gasteiger partial charge in [0, 0.05) is 0 Å². The molecule has 0 bridgehead atoms. The molecule has 1 rings (SSSR count). The molecule has 0 spiro atoms. The van der Waals surface area contributed by atoms with Crippen LogP contribution in [0.4, 0.5) is 0 Å². The summed E-state index contributed by atoms with van der Waals surface area (Å²) in [5.74, 6) is 0. The van der Waals surface area contributed by atoms with Gasteiger partial charge in [-0.2, -0.15) is 0 Å². The molecule has 0 heterocycles. The van der Waals surface area contributed by atoms with Crippen LogP contribution in [0.15, 0.2) is 12.1 Å². The largest absolute Gasteiger partial charge is 0.0654 e. The molecular formula is C34H62. The Morgan fingerprint density at radius 2 is 0.706 bits per heavy atom. The zero-order chi connectivity index (χ0) is 24.7. The van der Waals surface area contributed by atoms with Crippen molar-refractivity contribution in [2.45, 2.75) is 182 Å². The smallest absolute Gasteiger partial charge is 0.0273 e. The molecular weight excluding hydrogens is 408 g/mol. The Morgan fingerprint density at radius 3 is 1.12 bits per heavy atom. The van der Waals surface area contributed by atoms with E-state index in [2.05, 4.69) is 39.8 Å². The van der Waals surface area contributed by atoms with E-state index in [4.69, 9.17) is 0 Å². The number of hydrogen-bond donors (Lipinski definition) is 0. The molecule has 0 aliphatic rings. The molecule has 34 heavy (non-hydrogen) atoms. The van der Waals surface area contributed by atoms with Crippen LogP contribution in [-0.4, -0.2) is 0 Å². The quantitative estimate of drug-likeness (QED) is 0.132. The predicted molar refractivity (Wildman–Crippen MR) is 156 cm³/mol. The van der Waals surface area contributed by atoms with Gasteiger partial charge in [-0.25, -0.2) is 0 Å². The van der Waals surface area contributed by atoms with Crippen molar-refractivity contribution in [1.29, 1.82) is 0 Å². The molecule has 0 aliphatic heterocycles. The lowest BCUT2D eigenvalue weighted by Gasteiger charge is -2.18. The first kappa shape index (κ1) is 31.3. The Morgan fingerprint density at radius 1 is 0.353 bits per heavy atom. The van der Waals surface area contributed by atoms with Gasteiger partial charge in [0.15, 0.2) is 0 Å². The zero-order valence-corrected chi connectivity index (χ0v) is 24.1.